The predicted molar refractivity (Wildman–Crippen MR) is 101 cm³/mol. The summed E-state index contributed by atoms with van der Waals surface area (Å²) in [5.74, 6) is 0.449. The zero-order valence-corrected chi connectivity index (χ0v) is 15.5. The number of amides is 1. The molecule has 1 N–H and O–H groups in total. The zero-order chi connectivity index (χ0) is 18.3. The van der Waals surface area contributed by atoms with Crippen molar-refractivity contribution in [3.05, 3.63) is 58.6 Å². The number of nitrogens with one attached hydrogen (secondary N) is 1. The standard InChI is InChI=1S/C17H13ClN6OS/c1-9-8-11(16-23-24-10(2)21-22-17(24)26-16)5-6-13(9)20-15(25)12-4-3-7-19-14(12)18/h3-8H,1-2H3,(H,20,25). The highest BCUT2D eigenvalue weighted by Crippen LogP contribution is 2.29. The van der Waals surface area contributed by atoms with Gasteiger partial charge in [-0.25, -0.2) is 4.98 Å². The van der Waals surface area contributed by atoms with E-state index in [1.54, 1.807) is 22.8 Å². The second kappa shape index (κ2) is 6.47. The van der Waals surface area contributed by atoms with Crippen LogP contribution in [0.5, 0.6) is 0 Å². The lowest BCUT2D eigenvalue weighted by molar-refractivity contribution is 0.102. The van der Waals surface area contributed by atoms with Crippen LogP contribution in [0, 0.1) is 13.8 Å². The molecule has 0 aliphatic carbocycles. The molecule has 3 heterocycles. The van der Waals surface area contributed by atoms with Crippen molar-refractivity contribution in [1.82, 2.24) is 24.8 Å². The molecule has 0 saturated heterocycles. The average molecular weight is 385 g/mol. The third-order valence-corrected chi connectivity index (χ3v) is 5.12. The maximum atomic E-state index is 12.4. The van der Waals surface area contributed by atoms with Crippen molar-refractivity contribution in [2.75, 3.05) is 5.32 Å². The molecular formula is C17H13ClN6OS. The fourth-order valence-corrected chi connectivity index (χ4v) is 3.60. The first-order chi connectivity index (χ1) is 12.5. The molecule has 0 fully saturated rings. The van der Waals surface area contributed by atoms with Gasteiger partial charge in [0.05, 0.1) is 5.56 Å². The van der Waals surface area contributed by atoms with Crippen molar-refractivity contribution in [3.8, 4) is 10.6 Å². The molecule has 0 atom stereocenters. The number of aryl methyl sites for hydroxylation is 2. The van der Waals surface area contributed by atoms with E-state index in [4.69, 9.17) is 11.6 Å². The Hall–Kier alpha value is -2.84. The molecule has 1 aromatic carbocycles. The van der Waals surface area contributed by atoms with Gasteiger partial charge in [-0.05, 0) is 49.7 Å². The number of hydrogen-bond donors (Lipinski definition) is 1. The zero-order valence-electron chi connectivity index (χ0n) is 13.9. The van der Waals surface area contributed by atoms with Crippen LogP contribution in [0.15, 0.2) is 36.5 Å². The maximum absolute atomic E-state index is 12.4. The van der Waals surface area contributed by atoms with Crippen LogP contribution in [0.3, 0.4) is 0 Å². The summed E-state index contributed by atoms with van der Waals surface area (Å²) in [5, 5.41) is 16.5. The van der Waals surface area contributed by atoms with Crippen LogP contribution in [0.1, 0.15) is 21.7 Å². The lowest BCUT2D eigenvalue weighted by Crippen LogP contribution is -2.13. The smallest absolute Gasteiger partial charge is 0.258 e. The normalized spacial score (nSPS) is 11.0. The summed E-state index contributed by atoms with van der Waals surface area (Å²) >= 11 is 7.44. The van der Waals surface area contributed by atoms with Gasteiger partial charge < -0.3 is 5.32 Å². The quantitative estimate of drug-likeness (QED) is 0.543. The number of benzene rings is 1. The second-order valence-electron chi connectivity index (χ2n) is 5.67. The van der Waals surface area contributed by atoms with Gasteiger partial charge in [0.15, 0.2) is 5.82 Å². The van der Waals surface area contributed by atoms with E-state index in [9.17, 15) is 4.79 Å². The van der Waals surface area contributed by atoms with Crippen LogP contribution in [-0.2, 0) is 0 Å². The van der Waals surface area contributed by atoms with Crippen molar-refractivity contribution in [3.63, 3.8) is 0 Å². The van der Waals surface area contributed by atoms with Crippen LogP contribution < -0.4 is 5.32 Å². The number of carbonyl (C=O) groups is 1. The third-order valence-electron chi connectivity index (χ3n) is 3.87. The second-order valence-corrected chi connectivity index (χ2v) is 6.99. The number of rotatable bonds is 3. The number of hydrogen-bond acceptors (Lipinski definition) is 6. The predicted octanol–water partition coefficient (Wildman–Crippen LogP) is 3.77. The molecule has 3 aromatic heterocycles. The Labute approximate surface area is 157 Å². The van der Waals surface area contributed by atoms with E-state index in [2.05, 4.69) is 25.6 Å². The summed E-state index contributed by atoms with van der Waals surface area (Å²) in [6, 6.07) is 9.04. The van der Waals surface area contributed by atoms with Crippen molar-refractivity contribution in [2.24, 2.45) is 0 Å². The molecule has 130 valence electrons. The van der Waals surface area contributed by atoms with Gasteiger partial charge in [-0.2, -0.15) is 9.61 Å². The minimum absolute atomic E-state index is 0.175. The lowest BCUT2D eigenvalue weighted by Gasteiger charge is -2.10. The molecule has 4 aromatic rings. The van der Waals surface area contributed by atoms with Gasteiger partial charge in [0.1, 0.15) is 10.2 Å². The van der Waals surface area contributed by atoms with Crippen LogP contribution in [0.4, 0.5) is 5.69 Å². The van der Waals surface area contributed by atoms with Gasteiger partial charge in [0.2, 0.25) is 4.96 Å². The molecule has 9 heteroatoms. The van der Waals surface area contributed by atoms with Crippen LogP contribution in [0.25, 0.3) is 15.5 Å². The summed E-state index contributed by atoms with van der Waals surface area (Å²) in [6.45, 7) is 3.78. The van der Waals surface area contributed by atoms with Gasteiger partial charge in [-0.15, -0.1) is 10.2 Å². The van der Waals surface area contributed by atoms with E-state index in [0.717, 1.165) is 26.9 Å². The number of halogens is 1. The fraction of sp³-hybridized carbons (Fsp3) is 0.118. The number of nitrogens with zero attached hydrogens (tertiary/aromatic N) is 5. The number of aromatic nitrogens is 5. The summed E-state index contributed by atoms with van der Waals surface area (Å²) in [7, 11) is 0. The summed E-state index contributed by atoms with van der Waals surface area (Å²) in [6.07, 6.45) is 1.54. The van der Waals surface area contributed by atoms with E-state index in [1.807, 2.05) is 32.0 Å². The van der Waals surface area contributed by atoms with E-state index in [-0.39, 0.29) is 11.1 Å². The molecular weight excluding hydrogens is 372 g/mol. The molecule has 0 aliphatic heterocycles. The highest BCUT2D eigenvalue weighted by atomic mass is 35.5. The van der Waals surface area contributed by atoms with E-state index in [0.29, 0.717) is 11.3 Å². The van der Waals surface area contributed by atoms with Gasteiger partial charge in [-0.1, -0.05) is 22.9 Å². The van der Waals surface area contributed by atoms with E-state index >= 15 is 0 Å². The molecule has 1 amide bonds. The van der Waals surface area contributed by atoms with Gasteiger partial charge in [0, 0.05) is 17.4 Å². The van der Waals surface area contributed by atoms with Gasteiger partial charge >= 0.3 is 0 Å². The minimum Gasteiger partial charge on any atom is -0.322 e. The monoisotopic (exact) mass is 384 g/mol. The summed E-state index contributed by atoms with van der Waals surface area (Å²) in [5.41, 5.74) is 2.91. The Morgan fingerprint density at radius 2 is 2.08 bits per heavy atom. The fourth-order valence-electron chi connectivity index (χ4n) is 2.51. The lowest BCUT2D eigenvalue weighted by atomic mass is 10.1. The number of carbonyl (C=O) groups excluding carboxylic acids is 1. The maximum Gasteiger partial charge on any atom is 0.258 e. The Morgan fingerprint density at radius 3 is 2.81 bits per heavy atom. The Balaban J connectivity index is 1.61. The van der Waals surface area contributed by atoms with Crippen LogP contribution >= 0.6 is 22.9 Å². The average Bonchev–Trinajstić information content (AvgIpc) is 3.19. The Morgan fingerprint density at radius 1 is 1.23 bits per heavy atom. The molecule has 0 saturated carbocycles. The van der Waals surface area contributed by atoms with Crippen molar-refractivity contribution < 1.29 is 4.79 Å². The topological polar surface area (TPSA) is 85.1 Å². The number of anilines is 1. The Bertz CT molecular complexity index is 1140. The SMILES string of the molecule is Cc1cc(-c2nn3c(C)nnc3s2)ccc1NC(=O)c1cccnc1Cl. The highest BCUT2D eigenvalue weighted by Gasteiger charge is 2.14. The molecule has 26 heavy (non-hydrogen) atoms. The highest BCUT2D eigenvalue weighted by molar-refractivity contribution is 7.19. The van der Waals surface area contributed by atoms with Crippen molar-refractivity contribution >= 4 is 39.5 Å². The van der Waals surface area contributed by atoms with Crippen molar-refractivity contribution in [1.29, 1.82) is 0 Å². The molecule has 0 radical (unpaired) electrons. The largest absolute Gasteiger partial charge is 0.322 e. The molecule has 0 unspecified atom stereocenters. The minimum atomic E-state index is -0.298. The summed E-state index contributed by atoms with van der Waals surface area (Å²) in [4.78, 5) is 17.1. The number of fused-ring (bicyclic) bond motifs is 1. The first kappa shape index (κ1) is 16.6. The molecule has 0 bridgehead atoms. The molecule has 0 spiro atoms. The van der Waals surface area contributed by atoms with Gasteiger partial charge in [-0.3, -0.25) is 4.79 Å². The van der Waals surface area contributed by atoms with Gasteiger partial charge in [0.25, 0.3) is 5.91 Å². The van der Waals surface area contributed by atoms with E-state index in [1.165, 1.54) is 11.3 Å². The summed E-state index contributed by atoms with van der Waals surface area (Å²) < 4.78 is 1.72. The molecule has 7 nitrogen and oxygen atoms in total. The molecule has 4 rings (SSSR count). The first-order valence-electron chi connectivity index (χ1n) is 7.74. The first-order valence-corrected chi connectivity index (χ1v) is 8.94. The molecule has 0 aliphatic rings. The van der Waals surface area contributed by atoms with Crippen molar-refractivity contribution in [2.45, 2.75) is 13.8 Å². The Kier molecular flexibility index (Phi) is 4.14. The van der Waals surface area contributed by atoms with Crippen LogP contribution in [-0.4, -0.2) is 30.7 Å². The van der Waals surface area contributed by atoms with E-state index < -0.39 is 0 Å². The third kappa shape index (κ3) is 2.93. The van der Waals surface area contributed by atoms with Crippen LogP contribution in [0.2, 0.25) is 5.15 Å². The number of pyridine rings is 1.